The summed E-state index contributed by atoms with van der Waals surface area (Å²) in [6.45, 7) is 8.93. The third-order valence-electron chi connectivity index (χ3n) is 5.73. The Morgan fingerprint density at radius 3 is 2.19 bits per heavy atom. The number of hydrogen-bond acceptors (Lipinski definition) is 4. The van der Waals surface area contributed by atoms with Crippen molar-refractivity contribution in [3.8, 4) is 0 Å². The molecule has 0 saturated carbocycles. The van der Waals surface area contributed by atoms with Gasteiger partial charge in [-0.05, 0) is 70.3 Å². The molecule has 2 fully saturated rings. The van der Waals surface area contributed by atoms with Crippen LogP contribution < -0.4 is 5.32 Å². The van der Waals surface area contributed by atoms with E-state index in [1.807, 2.05) is 12.1 Å². The van der Waals surface area contributed by atoms with E-state index >= 15 is 0 Å². The van der Waals surface area contributed by atoms with E-state index in [4.69, 9.17) is 0 Å². The second-order valence-electron chi connectivity index (χ2n) is 7.89. The van der Waals surface area contributed by atoms with Gasteiger partial charge in [-0.3, -0.25) is 0 Å². The number of hydrogen-bond donors (Lipinski definition) is 1. The van der Waals surface area contributed by atoms with Gasteiger partial charge in [0.15, 0.2) is 0 Å². The first-order valence-corrected chi connectivity index (χ1v) is 11.5. The van der Waals surface area contributed by atoms with Crippen LogP contribution in [0.1, 0.15) is 51.5 Å². The molecular weight excluding hydrogens is 346 g/mol. The summed E-state index contributed by atoms with van der Waals surface area (Å²) in [5.41, 5.74) is 1.15. The summed E-state index contributed by atoms with van der Waals surface area (Å²) in [5.74, 6) is 0. The molecule has 0 aliphatic carbocycles. The monoisotopic (exact) mass is 379 g/mol. The number of piperidine rings is 2. The van der Waals surface area contributed by atoms with E-state index in [0.717, 1.165) is 44.5 Å². The van der Waals surface area contributed by atoms with Crippen LogP contribution in [0.25, 0.3) is 0 Å². The number of rotatable bonds is 6. The van der Waals surface area contributed by atoms with E-state index in [-0.39, 0.29) is 0 Å². The number of likely N-dealkylation sites (tertiary alicyclic amines) is 1. The fourth-order valence-corrected chi connectivity index (χ4v) is 5.43. The van der Waals surface area contributed by atoms with Crippen molar-refractivity contribution in [2.24, 2.45) is 0 Å². The molecule has 6 heteroatoms. The summed E-state index contributed by atoms with van der Waals surface area (Å²) in [7, 11) is -3.32. The zero-order chi connectivity index (χ0) is 18.6. The molecule has 0 aromatic heterocycles. The molecule has 2 heterocycles. The van der Waals surface area contributed by atoms with Crippen LogP contribution in [0.4, 0.5) is 0 Å². The van der Waals surface area contributed by atoms with E-state index in [0.29, 0.717) is 30.1 Å². The minimum atomic E-state index is -3.32. The molecule has 0 amide bonds. The van der Waals surface area contributed by atoms with E-state index in [2.05, 4.69) is 24.1 Å². The van der Waals surface area contributed by atoms with E-state index in [1.54, 1.807) is 16.4 Å². The first-order valence-electron chi connectivity index (χ1n) is 10.0. The summed E-state index contributed by atoms with van der Waals surface area (Å²) in [6.07, 6.45) is 5.43. The van der Waals surface area contributed by atoms with Crippen LogP contribution in [0.15, 0.2) is 29.2 Å². The van der Waals surface area contributed by atoms with Crippen LogP contribution in [0, 0.1) is 0 Å². The molecule has 0 atom stereocenters. The Morgan fingerprint density at radius 2 is 1.62 bits per heavy atom. The third kappa shape index (κ3) is 4.85. The summed E-state index contributed by atoms with van der Waals surface area (Å²) in [5, 5.41) is 3.63. The molecule has 1 aromatic rings. The second-order valence-corrected chi connectivity index (χ2v) is 9.83. The number of benzene rings is 1. The summed E-state index contributed by atoms with van der Waals surface area (Å²) < 4.78 is 27.0. The largest absolute Gasteiger partial charge is 0.310 e. The minimum Gasteiger partial charge on any atom is -0.310 e. The highest BCUT2D eigenvalue weighted by molar-refractivity contribution is 7.89. The van der Waals surface area contributed by atoms with E-state index in [9.17, 15) is 8.42 Å². The topological polar surface area (TPSA) is 52.7 Å². The summed E-state index contributed by atoms with van der Waals surface area (Å²) >= 11 is 0. The van der Waals surface area contributed by atoms with Gasteiger partial charge in [0, 0.05) is 31.7 Å². The number of nitrogens with zero attached hydrogens (tertiary/aromatic N) is 2. The van der Waals surface area contributed by atoms with Crippen molar-refractivity contribution in [3.63, 3.8) is 0 Å². The van der Waals surface area contributed by atoms with Crippen molar-refractivity contribution in [1.82, 2.24) is 14.5 Å². The predicted molar refractivity (Wildman–Crippen MR) is 106 cm³/mol. The van der Waals surface area contributed by atoms with Gasteiger partial charge in [-0.15, -0.1) is 0 Å². The highest BCUT2D eigenvalue weighted by Gasteiger charge is 2.25. The molecule has 26 heavy (non-hydrogen) atoms. The zero-order valence-corrected chi connectivity index (χ0v) is 17.0. The zero-order valence-electron chi connectivity index (χ0n) is 16.2. The third-order valence-corrected chi connectivity index (χ3v) is 7.64. The fraction of sp³-hybridized carbons (Fsp3) is 0.700. The molecule has 146 valence electrons. The maximum Gasteiger partial charge on any atom is 0.243 e. The van der Waals surface area contributed by atoms with Crippen molar-refractivity contribution in [3.05, 3.63) is 29.8 Å². The molecule has 1 N–H and O–H groups in total. The fourth-order valence-electron chi connectivity index (χ4n) is 3.92. The van der Waals surface area contributed by atoms with E-state index < -0.39 is 10.0 Å². The Labute approximate surface area is 158 Å². The van der Waals surface area contributed by atoms with Crippen LogP contribution in [0.2, 0.25) is 0 Å². The maximum absolute atomic E-state index is 12.7. The van der Waals surface area contributed by atoms with Crippen LogP contribution in [-0.4, -0.2) is 55.9 Å². The van der Waals surface area contributed by atoms with Gasteiger partial charge in [0.25, 0.3) is 0 Å². The molecule has 2 aliphatic heterocycles. The van der Waals surface area contributed by atoms with Crippen molar-refractivity contribution in [2.75, 3.05) is 26.2 Å². The van der Waals surface area contributed by atoms with Crippen LogP contribution in [0.3, 0.4) is 0 Å². The smallest absolute Gasteiger partial charge is 0.243 e. The summed E-state index contributed by atoms with van der Waals surface area (Å²) in [4.78, 5) is 2.95. The van der Waals surface area contributed by atoms with Crippen LogP contribution in [0.5, 0.6) is 0 Å². The Bertz CT molecular complexity index is 659. The molecule has 0 spiro atoms. The van der Waals surface area contributed by atoms with Crippen molar-refractivity contribution >= 4 is 10.0 Å². The first-order chi connectivity index (χ1) is 12.5. The van der Waals surface area contributed by atoms with Gasteiger partial charge in [-0.1, -0.05) is 18.6 Å². The molecule has 0 bridgehead atoms. The quantitative estimate of drug-likeness (QED) is 0.826. The standard InChI is InChI=1S/C20H33N3O2S/c1-17(2)22-14-10-19(11-15-22)21-16-18-6-8-20(9-7-18)26(24,25)23-12-4-3-5-13-23/h6-9,17,19,21H,3-5,10-16H2,1-2H3. The Morgan fingerprint density at radius 1 is 1.00 bits per heavy atom. The Kier molecular flexibility index (Phi) is 6.72. The van der Waals surface area contributed by atoms with Gasteiger partial charge in [0.1, 0.15) is 0 Å². The van der Waals surface area contributed by atoms with Gasteiger partial charge < -0.3 is 10.2 Å². The lowest BCUT2D eigenvalue weighted by molar-refractivity contribution is 0.161. The molecular formula is C20H33N3O2S. The second kappa shape index (κ2) is 8.83. The molecule has 0 unspecified atom stereocenters. The highest BCUT2D eigenvalue weighted by Crippen LogP contribution is 2.21. The van der Waals surface area contributed by atoms with E-state index in [1.165, 1.54) is 12.8 Å². The molecule has 1 aromatic carbocycles. The number of nitrogens with one attached hydrogen (secondary N) is 1. The van der Waals surface area contributed by atoms with Gasteiger partial charge in [-0.2, -0.15) is 4.31 Å². The average Bonchev–Trinajstić information content (AvgIpc) is 2.67. The normalized spacial score (nSPS) is 21.3. The van der Waals surface area contributed by atoms with Crippen molar-refractivity contribution in [1.29, 1.82) is 0 Å². The van der Waals surface area contributed by atoms with Gasteiger partial charge in [0.2, 0.25) is 10.0 Å². The SMILES string of the molecule is CC(C)N1CCC(NCc2ccc(S(=O)(=O)N3CCCCC3)cc2)CC1. The van der Waals surface area contributed by atoms with Gasteiger partial charge >= 0.3 is 0 Å². The molecule has 2 saturated heterocycles. The maximum atomic E-state index is 12.7. The van der Waals surface area contributed by atoms with Gasteiger partial charge in [0.05, 0.1) is 4.90 Å². The molecule has 0 radical (unpaired) electrons. The first kappa shape index (κ1) is 19.8. The Hall–Kier alpha value is -0.950. The van der Waals surface area contributed by atoms with Crippen molar-refractivity contribution < 1.29 is 8.42 Å². The Balaban J connectivity index is 1.52. The lowest BCUT2D eigenvalue weighted by atomic mass is 10.0. The minimum absolute atomic E-state index is 0.424. The predicted octanol–water partition coefficient (Wildman–Crippen LogP) is 2.82. The molecule has 3 rings (SSSR count). The summed E-state index contributed by atoms with van der Waals surface area (Å²) in [6, 6.07) is 8.62. The van der Waals surface area contributed by atoms with Crippen LogP contribution in [-0.2, 0) is 16.6 Å². The van der Waals surface area contributed by atoms with Crippen LogP contribution >= 0.6 is 0 Å². The molecule has 2 aliphatic rings. The van der Waals surface area contributed by atoms with Gasteiger partial charge in [-0.25, -0.2) is 8.42 Å². The number of sulfonamides is 1. The lowest BCUT2D eigenvalue weighted by Crippen LogP contribution is -2.44. The van der Waals surface area contributed by atoms with Crippen molar-refractivity contribution in [2.45, 2.75) is 69.5 Å². The highest BCUT2D eigenvalue weighted by atomic mass is 32.2. The molecule has 5 nitrogen and oxygen atoms in total. The lowest BCUT2D eigenvalue weighted by Gasteiger charge is -2.35. The average molecular weight is 380 g/mol.